The number of piperidine rings is 1. The van der Waals surface area contributed by atoms with E-state index in [1.165, 1.54) is 16.7 Å². The van der Waals surface area contributed by atoms with Gasteiger partial charge in [0.1, 0.15) is 15.6 Å². The van der Waals surface area contributed by atoms with Gasteiger partial charge in [-0.05, 0) is 33.6 Å². The summed E-state index contributed by atoms with van der Waals surface area (Å²) in [6.07, 6.45) is 4.65. The Morgan fingerprint density at radius 2 is 2.00 bits per heavy atom. The second-order valence-corrected chi connectivity index (χ2v) is 9.57. The number of hydrogen-bond acceptors (Lipinski definition) is 5. The van der Waals surface area contributed by atoms with Gasteiger partial charge in [-0.2, -0.15) is 9.40 Å². The first-order valence-corrected chi connectivity index (χ1v) is 11.2. The van der Waals surface area contributed by atoms with Crippen molar-refractivity contribution in [2.24, 2.45) is 0 Å². The van der Waals surface area contributed by atoms with Gasteiger partial charge >= 0.3 is 0 Å². The number of imidazole rings is 1. The second kappa shape index (κ2) is 6.47. The lowest BCUT2D eigenvalue weighted by Gasteiger charge is -2.30. The van der Waals surface area contributed by atoms with E-state index in [0.29, 0.717) is 25.6 Å². The summed E-state index contributed by atoms with van der Waals surface area (Å²) in [7, 11) is -3.46. The molecule has 7 nitrogen and oxygen atoms in total. The van der Waals surface area contributed by atoms with Crippen LogP contribution in [0.5, 0.6) is 0 Å². The zero-order chi connectivity index (χ0) is 18.5. The molecule has 0 bridgehead atoms. The number of rotatable bonds is 4. The molecule has 4 rings (SSSR count). The van der Waals surface area contributed by atoms with Gasteiger partial charge in [0.25, 0.3) is 0 Å². The van der Waals surface area contributed by atoms with Gasteiger partial charge in [-0.25, -0.2) is 13.4 Å². The van der Waals surface area contributed by atoms with Crippen molar-refractivity contribution < 1.29 is 8.42 Å². The molecule has 0 N–H and O–H groups in total. The van der Waals surface area contributed by atoms with E-state index in [0.717, 1.165) is 24.4 Å². The molecule has 1 aliphatic heterocycles. The number of thiazole rings is 1. The molecule has 0 saturated carbocycles. The minimum atomic E-state index is -3.46. The Labute approximate surface area is 157 Å². The molecule has 0 aliphatic carbocycles. The van der Waals surface area contributed by atoms with E-state index in [2.05, 4.69) is 21.8 Å². The van der Waals surface area contributed by atoms with E-state index in [1.54, 1.807) is 26.5 Å². The van der Waals surface area contributed by atoms with E-state index in [4.69, 9.17) is 4.98 Å². The highest BCUT2D eigenvalue weighted by atomic mass is 32.2. The zero-order valence-corrected chi connectivity index (χ0v) is 16.8. The van der Waals surface area contributed by atoms with Crippen molar-refractivity contribution in [3.05, 3.63) is 35.0 Å². The summed E-state index contributed by atoms with van der Waals surface area (Å²) in [5.41, 5.74) is 2.32. The summed E-state index contributed by atoms with van der Waals surface area (Å²) in [6, 6.07) is 0. The average molecular weight is 394 g/mol. The molecular weight excluding hydrogens is 370 g/mol. The molecule has 1 saturated heterocycles. The van der Waals surface area contributed by atoms with Crippen molar-refractivity contribution in [1.82, 2.24) is 23.5 Å². The third kappa shape index (κ3) is 2.78. The zero-order valence-electron chi connectivity index (χ0n) is 15.2. The van der Waals surface area contributed by atoms with E-state index in [1.807, 2.05) is 13.8 Å². The smallest absolute Gasteiger partial charge is 0.246 e. The molecule has 9 heteroatoms. The highest BCUT2D eigenvalue weighted by Crippen LogP contribution is 2.35. The maximum atomic E-state index is 12.8. The van der Waals surface area contributed by atoms with Crippen molar-refractivity contribution >= 4 is 26.2 Å². The number of nitrogens with zero attached hydrogens (tertiary/aromatic N) is 5. The van der Waals surface area contributed by atoms with Crippen LogP contribution >= 0.6 is 11.3 Å². The molecule has 0 radical (unpaired) electrons. The molecule has 0 atom stereocenters. The molecule has 3 aromatic rings. The molecule has 1 aliphatic rings. The molecule has 3 aromatic heterocycles. The first-order chi connectivity index (χ1) is 12.4. The molecule has 140 valence electrons. The maximum Gasteiger partial charge on any atom is 0.246 e. The van der Waals surface area contributed by atoms with Gasteiger partial charge in [-0.15, -0.1) is 11.3 Å². The van der Waals surface area contributed by atoms with Crippen LogP contribution in [-0.4, -0.2) is 45.0 Å². The standard InChI is InChI=1S/C17H23N5O2S2/c1-4-20-10-15(9-18-20)26(23,24)21-7-5-14(6-8-21)16-17-22(13(3)19-16)12(2)11-25-17/h9-11,14H,4-8H2,1-3H3. The predicted molar refractivity (Wildman–Crippen MR) is 101 cm³/mol. The summed E-state index contributed by atoms with van der Waals surface area (Å²) in [4.78, 5) is 6.27. The third-order valence-electron chi connectivity index (χ3n) is 5.13. The van der Waals surface area contributed by atoms with Crippen molar-refractivity contribution in [2.45, 2.75) is 51.0 Å². The first kappa shape index (κ1) is 17.7. The largest absolute Gasteiger partial charge is 0.292 e. The van der Waals surface area contributed by atoms with Gasteiger partial charge in [0, 0.05) is 42.8 Å². The fourth-order valence-electron chi connectivity index (χ4n) is 3.69. The van der Waals surface area contributed by atoms with Crippen LogP contribution in [0.1, 0.15) is 42.9 Å². The number of aryl methyl sites for hydroxylation is 3. The van der Waals surface area contributed by atoms with Crippen LogP contribution in [0.2, 0.25) is 0 Å². The van der Waals surface area contributed by atoms with Crippen LogP contribution in [0, 0.1) is 13.8 Å². The fourth-order valence-corrected chi connectivity index (χ4v) is 6.22. The summed E-state index contributed by atoms with van der Waals surface area (Å²) in [5, 5.41) is 6.25. The van der Waals surface area contributed by atoms with Crippen LogP contribution < -0.4 is 0 Å². The molecule has 1 fully saturated rings. The number of fused-ring (bicyclic) bond motifs is 1. The van der Waals surface area contributed by atoms with Gasteiger partial charge in [0.05, 0.1) is 11.9 Å². The highest BCUT2D eigenvalue weighted by Gasteiger charge is 2.32. The summed E-state index contributed by atoms with van der Waals surface area (Å²) in [5.74, 6) is 1.32. The van der Waals surface area contributed by atoms with Gasteiger partial charge in [0.2, 0.25) is 10.0 Å². The third-order valence-corrected chi connectivity index (χ3v) is 8.06. The van der Waals surface area contributed by atoms with E-state index >= 15 is 0 Å². The number of aromatic nitrogens is 4. The second-order valence-electron chi connectivity index (χ2n) is 6.77. The Hall–Kier alpha value is -1.71. The Balaban J connectivity index is 1.53. The molecule has 0 aromatic carbocycles. The first-order valence-electron chi connectivity index (χ1n) is 8.87. The number of hydrogen-bond donors (Lipinski definition) is 0. The van der Waals surface area contributed by atoms with Gasteiger partial charge in [-0.3, -0.25) is 9.08 Å². The molecule has 26 heavy (non-hydrogen) atoms. The van der Waals surface area contributed by atoms with Crippen molar-refractivity contribution in [3.63, 3.8) is 0 Å². The topological polar surface area (TPSA) is 72.5 Å². The summed E-state index contributed by atoms with van der Waals surface area (Å²) >= 11 is 1.72. The van der Waals surface area contributed by atoms with Crippen LogP contribution in [0.15, 0.2) is 22.7 Å². The highest BCUT2D eigenvalue weighted by molar-refractivity contribution is 7.89. The van der Waals surface area contributed by atoms with E-state index in [9.17, 15) is 8.42 Å². The minimum Gasteiger partial charge on any atom is -0.292 e. The Bertz CT molecular complexity index is 1040. The lowest BCUT2D eigenvalue weighted by atomic mass is 9.95. The molecular formula is C17H23N5O2S2. The van der Waals surface area contributed by atoms with E-state index in [-0.39, 0.29) is 4.90 Å². The Morgan fingerprint density at radius 1 is 1.27 bits per heavy atom. The normalized spacial score (nSPS) is 17.3. The van der Waals surface area contributed by atoms with Crippen molar-refractivity contribution in [2.75, 3.05) is 13.1 Å². The molecule has 0 spiro atoms. The van der Waals surface area contributed by atoms with Crippen LogP contribution in [0.3, 0.4) is 0 Å². The SMILES string of the molecule is CCn1cc(S(=O)(=O)N2CCC(c3nc(C)n4c(C)csc34)CC2)cn1. The molecule has 0 unspecified atom stereocenters. The number of sulfonamides is 1. The quantitative estimate of drug-likeness (QED) is 0.683. The Morgan fingerprint density at radius 3 is 2.65 bits per heavy atom. The predicted octanol–water partition coefficient (Wildman–Crippen LogP) is 2.80. The lowest BCUT2D eigenvalue weighted by molar-refractivity contribution is 0.318. The summed E-state index contributed by atoms with van der Waals surface area (Å²) in [6.45, 7) is 7.76. The monoisotopic (exact) mass is 393 g/mol. The lowest BCUT2D eigenvalue weighted by Crippen LogP contribution is -2.37. The van der Waals surface area contributed by atoms with E-state index < -0.39 is 10.0 Å². The maximum absolute atomic E-state index is 12.8. The molecule has 0 amide bonds. The van der Waals surface area contributed by atoms with Crippen LogP contribution in [-0.2, 0) is 16.6 Å². The average Bonchev–Trinajstić information content (AvgIpc) is 3.33. The molecule has 4 heterocycles. The summed E-state index contributed by atoms with van der Waals surface area (Å²) < 4.78 is 31.1. The van der Waals surface area contributed by atoms with Crippen LogP contribution in [0.25, 0.3) is 4.83 Å². The fraction of sp³-hybridized carbons (Fsp3) is 0.529. The van der Waals surface area contributed by atoms with Gasteiger partial charge in [-0.1, -0.05) is 0 Å². The van der Waals surface area contributed by atoms with Crippen molar-refractivity contribution in [1.29, 1.82) is 0 Å². The Kier molecular flexibility index (Phi) is 4.40. The van der Waals surface area contributed by atoms with Crippen LogP contribution in [0.4, 0.5) is 0 Å². The minimum absolute atomic E-state index is 0.284. The van der Waals surface area contributed by atoms with Gasteiger partial charge in [0.15, 0.2) is 0 Å². The van der Waals surface area contributed by atoms with Crippen molar-refractivity contribution in [3.8, 4) is 0 Å². The van der Waals surface area contributed by atoms with Gasteiger partial charge < -0.3 is 0 Å².